The second-order valence-corrected chi connectivity index (χ2v) is 4.37. The third-order valence-corrected chi connectivity index (χ3v) is 3.64. The van der Waals surface area contributed by atoms with E-state index in [0.29, 0.717) is 18.8 Å². The summed E-state index contributed by atoms with van der Waals surface area (Å²) >= 11 is 0. The van der Waals surface area contributed by atoms with Gasteiger partial charge in [-0.1, -0.05) is 12.8 Å². The summed E-state index contributed by atoms with van der Waals surface area (Å²) in [4.78, 5) is 23.0. The van der Waals surface area contributed by atoms with E-state index in [2.05, 4.69) is 0 Å². The number of hydrogen-bond donors (Lipinski definition) is 1. The van der Waals surface area contributed by atoms with Gasteiger partial charge in [-0.05, 0) is 25.2 Å². The zero-order chi connectivity index (χ0) is 9.47. The summed E-state index contributed by atoms with van der Waals surface area (Å²) in [5.41, 5.74) is 4.58. The molecule has 3 heteroatoms. The number of fused-ring (bicyclic) bond motifs is 2. The number of ketones is 1. The standard InChI is InChI=1S/C10H15NO2/c11-9(13)10-5-1-2-7(6-10)3-4-8(10)12/h7H,1-6H2,(H2,11,13). The van der Waals surface area contributed by atoms with Crippen LogP contribution in [0.5, 0.6) is 0 Å². The summed E-state index contributed by atoms with van der Waals surface area (Å²) in [6.45, 7) is 0. The molecular weight excluding hydrogens is 166 g/mol. The van der Waals surface area contributed by atoms with Crippen molar-refractivity contribution in [3.05, 3.63) is 0 Å². The Hall–Kier alpha value is -0.860. The highest BCUT2D eigenvalue weighted by Crippen LogP contribution is 2.46. The van der Waals surface area contributed by atoms with E-state index in [1.54, 1.807) is 0 Å². The third kappa shape index (κ3) is 1.18. The molecule has 0 radical (unpaired) electrons. The van der Waals surface area contributed by atoms with Gasteiger partial charge >= 0.3 is 0 Å². The first-order chi connectivity index (χ1) is 6.15. The predicted octanol–water partition coefficient (Wildman–Crippen LogP) is 1.01. The first-order valence-corrected chi connectivity index (χ1v) is 4.98. The van der Waals surface area contributed by atoms with E-state index in [9.17, 15) is 9.59 Å². The number of amides is 1. The van der Waals surface area contributed by atoms with Crippen LogP contribution in [0.1, 0.15) is 38.5 Å². The summed E-state index contributed by atoms with van der Waals surface area (Å²) in [5.74, 6) is 0.275. The van der Waals surface area contributed by atoms with Crippen LogP contribution in [0.3, 0.4) is 0 Å². The van der Waals surface area contributed by atoms with Crippen molar-refractivity contribution in [2.45, 2.75) is 38.5 Å². The lowest BCUT2D eigenvalue weighted by Gasteiger charge is -2.41. The summed E-state index contributed by atoms with van der Waals surface area (Å²) < 4.78 is 0. The zero-order valence-electron chi connectivity index (χ0n) is 7.71. The summed E-state index contributed by atoms with van der Waals surface area (Å²) in [6.07, 6.45) is 5.10. The van der Waals surface area contributed by atoms with Gasteiger partial charge in [0.2, 0.25) is 5.91 Å². The van der Waals surface area contributed by atoms with Crippen LogP contribution in [-0.4, -0.2) is 11.7 Å². The minimum Gasteiger partial charge on any atom is -0.369 e. The smallest absolute Gasteiger partial charge is 0.231 e. The third-order valence-electron chi connectivity index (χ3n) is 3.64. The van der Waals surface area contributed by atoms with Crippen molar-refractivity contribution in [2.24, 2.45) is 17.1 Å². The first kappa shape index (κ1) is 8.73. The number of Topliss-reactive ketones (excluding diaryl/α,β-unsaturated/α-hetero) is 1. The van der Waals surface area contributed by atoms with Crippen molar-refractivity contribution in [2.75, 3.05) is 0 Å². The van der Waals surface area contributed by atoms with Crippen LogP contribution in [0.15, 0.2) is 0 Å². The Morgan fingerprint density at radius 1 is 1.46 bits per heavy atom. The van der Waals surface area contributed by atoms with Crippen molar-refractivity contribution in [1.82, 2.24) is 0 Å². The maximum absolute atomic E-state index is 11.7. The molecule has 0 saturated heterocycles. The van der Waals surface area contributed by atoms with Gasteiger partial charge in [0.1, 0.15) is 11.2 Å². The van der Waals surface area contributed by atoms with Crippen LogP contribution in [0.25, 0.3) is 0 Å². The molecule has 0 aromatic rings. The maximum Gasteiger partial charge on any atom is 0.231 e. The molecule has 0 aliphatic heterocycles. The SMILES string of the molecule is NC(=O)C12CCCC(CCC1=O)C2. The Balaban J connectivity index is 2.30. The molecule has 0 aromatic heterocycles. The number of hydrogen-bond acceptors (Lipinski definition) is 2. The minimum atomic E-state index is -0.763. The normalized spacial score (nSPS) is 38.8. The molecule has 2 saturated carbocycles. The Bertz CT molecular complexity index is 262. The summed E-state index contributed by atoms with van der Waals surface area (Å²) in [5, 5.41) is 0. The highest BCUT2D eigenvalue weighted by atomic mass is 16.2. The largest absolute Gasteiger partial charge is 0.369 e. The molecule has 2 bridgehead atoms. The molecule has 0 aromatic carbocycles. The molecule has 13 heavy (non-hydrogen) atoms. The molecule has 1 amide bonds. The molecule has 2 rings (SSSR count). The van der Waals surface area contributed by atoms with Gasteiger partial charge in [0.25, 0.3) is 0 Å². The highest BCUT2D eigenvalue weighted by molar-refractivity contribution is 6.06. The average Bonchev–Trinajstić information content (AvgIpc) is 2.12. The van der Waals surface area contributed by atoms with E-state index < -0.39 is 5.41 Å². The lowest BCUT2D eigenvalue weighted by Crippen LogP contribution is -2.49. The van der Waals surface area contributed by atoms with Crippen molar-refractivity contribution in [1.29, 1.82) is 0 Å². The summed E-state index contributed by atoms with van der Waals surface area (Å²) in [7, 11) is 0. The Kier molecular flexibility index (Phi) is 1.90. The van der Waals surface area contributed by atoms with Crippen molar-refractivity contribution >= 4 is 11.7 Å². The molecule has 0 heterocycles. The van der Waals surface area contributed by atoms with Crippen molar-refractivity contribution in [3.63, 3.8) is 0 Å². The fourth-order valence-corrected chi connectivity index (χ4v) is 2.82. The van der Waals surface area contributed by atoms with Gasteiger partial charge in [0, 0.05) is 6.42 Å². The lowest BCUT2D eigenvalue weighted by atomic mass is 9.61. The van der Waals surface area contributed by atoms with Gasteiger partial charge in [0.15, 0.2) is 0 Å². The van der Waals surface area contributed by atoms with Crippen LogP contribution in [0.2, 0.25) is 0 Å². The van der Waals surface area contributed by atoms with E-state index in [4.69, 9.17) is 5.73 Å². The van der Waals surface area contributed by atoms with E-state index in [0.717, 1.165) is 19.3 Å². The Labute approximate surface area is 77.7 Å². The van der Waals surface area contributed by atoms with E-state index >= 15 is 0 Å². The molecule has 3 nitrogen and oxygen atoms in total. The van der Waals surface area contributed by atoms with Crippen LogP contribution in [-0.2, 0) is 9.59 Å². The summed E-state index contributed by atoms with van der Waals surface area (Å²) in [6, 6.07) is 0. The monoisotopic (exact) mass is 181 g/mol. The number of rotatable bonds is 1. The molecular formula is C10H15NO2. The zero-order valence-corrected chi connectivity index (χ0v) is 7.71. The average molecular weight is 181 g/mol. The molecule has 0 spiro atoms. The van der Waals surface area contributed by atoms with Crippen LogP contribution in [0.4, 0.5) is 0 Å². The number of carbonyl (C=O) groups excluding carboxylic acids is 2. The van der Waals surface area contributed by atoms with Gasteiger partial charge in [-0.15, -0.1) is 0 Å². The first-order valence-electron chi connectivity index (χ1n) is 4.98. The number of primary amides is 1. The second kappa shape index (κ2) is 2.82. The fraction of sp³-hybridized carbons (Fsp3) is 0.800. The minimum absolute atomic E-state index is 0.0935. The van der Waals surface area contributed by atoms with E-state index in [1.807, 2.05) is 0 Å². The van der Waals surface area contributed by atoms with Gasteiger partial charge < -0.3 is 5.73 Å². The van der Waals surface area contributed by atoms with Gasteiger partial charge in [-0.3, -0.25) is 9.59 Å². The quantitative estimate of drug-likeness (QED) is 0.614. The van der Waals surface area contributed by atoms with E-state index in [-0.39, 0.29) is 11.7 Å². The van der Waals surface area contributed by atoms with Crippen molar-refractivity contribution in [3.8, 4) is 0 Å². The molecule has 2 aliphatic carbocycles. The van der Waals surface area contributed by atoms with Gasteiger partial charge in [-0.2, -0.15) is 0 Å². The molecule has 72 valence electrons. The van der Waals surface area contributed by atoms with Crippen LogP contribution in [0, 0.1) is 11.3 Å². The second-order valence-electron chi connectivity index (χ2n) is 4.37. The molecule has 2 atom stereocenters. The maximum atomic E-state index is 11.7. The highest BCUT2D eigenvalue weighted by Gasteiger charge is 2.49. The number of carbonyl (C=O) groups is 2. The number of nitrogens with two attached hydrogens (primary N) is 1. The van der Waals surface area contributed by atoms with Gasteiger partial charge in [0.05, 0.1) is 0 Å². The van der Waals surface area contributed by atoms with Crippen LogP contribution >= 0.6 is 0 Å². The lowest BCUT2D eigenvalue weighted by molar-refractivity contribution is -0.147. The molecule has 2 unspecified atom stereocenters. The molecule has 2 N–H and O–H groups in total. The molecule has 2 fully saturated rings. The molecule has 2 aliphatic rings. The van der Waals surface area contributed by atoms with Crippen molar-refractivity contribution < 1.29 is 9.59 Å². The van der Waals surface area contributed by atoms with Gasteiger partial charge in [-0.25, -0.2) is 0 Å². The van der Waals surface area contributed by atoms with E-state index in [1.165, 1.54) is 6.42 Å². The Morgan fingerprint density at radius 2 is 2.23 bits per heavy atom. The topological polar surface area (TPSA) is 60.2 Å². The fourth-order valence-electron chi connectivity index (χ4n) is 2.82. The predicted molar refractivity (Wildman–Crippen MR) is 47.8 cm³/mol. The Morgan fingerprint density at radius 3 is 2.85 bits per heavy atom. The van der Waals surface area contributed by atoms with Crippen LogP contribution < -0.4 is 5.73 Å².